The summed E-state index contributed by atoms with van der Waals surface area (Å²) in [5.41, 5.74) is 1.61. The third-order valence-electron chi connectivity index (χ3n) is 6.37. The van der Waals surface area contributed by atoms with Crippen LogP contribution in [0.25, 0.3) is 0 Å². The quantitative estimate of drug-likeness (QED) is 0.324. The summed E-state index contributed by atoms with van der Waals surface area (Å²) in [6.07, 6.45) is 9.32. The number of benzene rings is 1. The molecule has 0 aromatic heterocycles. The van der Waals surface area contributed by atoms with E-state index in [1.807, 2.05) is 6.07 Å². The number of anilines is 1. The van der Waals surface area contributed by atoms with E-state index in [0.717, 1.165) is 57.2 Å². The molecule has 3 rings (SSSR count). The lowest BCUT2D eigenvalue weighted by atomic mass is 9.92. The van der Waals surface area contributed by atoms with Crippen molar-refractivity contribution in [2.45, 2.75) is 89.8 Å². The van der Waals surface area contributed by atoms with Crippen molar-refractivity contribution in [3.8, 4) is 5.75 Å². The predicted molar refractivity (Wildman–Crippen MR) is 119 cm³/mol. The third-order valence-corrected chi connectivity index (χ3v) is 6.37. The van der Waals surface area contributed by atoms with Crippen molar-refractivity contribution in [3.63, 3.8) is 0 Å². The first kappa shape index (κ1) is 22.8. The zero-order valence-corrected chi connectivity index (χ0v) is 18.4. The van der Waals surface area contributed by atoms with E-state index in [2.05, 4.69) is 24.1 Å². The van der Waals surface area contributed by atoms with Crippen molar-refractivity contribution < 1.29 is 14.8 Å². The van der Waals surface area contributed by atoms with E-state index in [-0.39, 0.29) is 23.3 Å². The van der Waals surface area contributed by atoms with Crippen LogP contribution in [0.2, 0.25) is 0 Å². The molecule has 168 valence electrons. The second-order valence-electron chi connectivity index (χ2n) is 8.64. The summed E-state index contributed by atoms with van der Waals surface area (Å²) >= 11 is 0. The molecule has 0 saturated heterocycles. The smallest absolute Gasteiger partial charge is 0.296 e. The Morgan fingerprint density at radius 2 is 1.97 bits per heavy atom. The van der Waals surface area contributed by atoms with Gasteiger partial charge in [-0.05, 0) is 38.3 Å². The highest BCUT2D eigenvalue weighted by Gasteiger charge is 2.34. The Morgan fingerprint density at radius 1 is 1.20 bits per heavy atom. The van der Waals surface area contributed by atoms with Crippen molar-refractivity contribution in [2.75, 3.05) is 24.6 Å². The fraction of sp³-hybridized carbons (Fsp3) is 0.739. The first-order valence-corrected chi connectivity index (χ1v) is 11.7. The van der Waals surface area contributed by atoms with Crippen molar-refractivity contribution in [2.24, 2.45) is 0 Å². The molecule has 0 radical (unpaired) electrons. The molecule has 2 N–H and O–H groups in total. The van der Waals surface area contributed by atoms with E-state index in [1.54, 1.807) is 6.07 Å². The molecular formula is C23H37N3O4. The van der Waals surface area contributed by atoms with Gasteiger partial charge in [-0.3, -0.25) is 10.1 Å². The van der Waals surface area contributed by atoms with Crippen LogP contribution in [0.3, 0.4) is 0 Å². The zero-order valence-electron chi connectivity index (χ0n) is 18.4. The van der Waals surface area contributed by atoms with Crippen molar-refractivity contribution in [1.29, 1.82) is 0 Å². The van der Waals surface area contributed by atoms with Crippen LogP contribution < -0.4 is 15.0 Å². The number of hydrogen-bond acceptors (Lipinski definition) is 6. The number of unbranched alkanes of at least 4 members (excludes halogenated alkanes) is 2. The standard InChI is InChI=1S/C23H37N3O4/c1-3-5-9-12-24-23-18-14-19(25(13-4-2)17-10-7-6-8-11-17)20(26(28)29)15-22(18)30-16-21(23)27/h14-15,17,21,23-24,27H,3-13,16H2,1-2H3. The maximum atomic E-state index is 11.9. The van der Waals surface area contributed by atoms with E-state index < -0.39 is 6.10 Å². The average Bonchev–Trinajstić information content (AvgIpc) is 2.76. The Kier molecular flexibility index (Phi) is 8.33. The Balaban J connectivity index is 1.97. The minimum atomic E-state index is -0.664. The summed E-state index contributed by atoms with van der Waals surface area (Å²) in [5, 5.41) is 26.0. The number of ether oxygens (including phenoxy) is 1. The number of nitrogens with one attached hydrogen (secondary N) is 1. The summed E-state index contributed by atoms with van der Waals surface area (Å²) in [7, 11) is 0. The summed E-state index contributed by atoms with van der Waals surface area (Å²) in [6, 6.07) is 3.56. The lowest BCUT2D eigenvalue weighted by Crippen LogP contribution is -2.41. The molecule has 1 heterocycles. The van der Waals surface area contributed by atoms with Gasteiger partial charge in [-0.15, -0.1) is 0 Å². The van der Waals surface area contributed by atoms with Crippen LogP contribution in [0, 0.1) is 10.1 Å². The topological polar surface area (TPSA) is 87.9 Å². The highest BCUT2D eigenvalue weighted by molar-refractivity contribution is 5.69. The zero-order chi connectivity index (χ0) is 21.5. The lowest BCUT2D eigenvalue weighted by molar-refractivity contribution is -0.384. The van der Waals surface area contributed by atoms with Gasteiger partial charge >= 0.3 is 0 Å². The van der Waals surface area contributed by atoms with Crippen LogP contribution in [0.4, 0.5) is 11.4 Å². The molecule has 1 aliphatic carbocycles. The fourth-order valence-corrected chi connectivity index (χ4v) is 4.81. The molecule has 0 bridgehead atoms. The van der Waals surface area contributed by atoms with E-state index in [9.17, 15) is 15.2 Å². The molecule has 7 heteroatoms. The molecule has 1 fully saturated rings. The van der Waals surface area contributed by atoms with Crippen LogP contribution in [0.15, 0.2) is 12.1 Å². The van der Waals surface area contributed by atoms with Crippen molar-refractivity contribution >= 4 is 11.4 Å². The lowest BCUT2D eigenvalue weighted by Gasteiger charge is -2.37. The number of aliphatic hydroxyl groups excluding tert-OH is 1. The maximum absolute atomic E-state index is 11.9. The van der Waals surface area contributed by atoms with Crippen molar-refractivity contribution in [3.05, 3.63) is 27.8 Å². The molecule has 1 aromatic rings. The largest absolute Gasteiger partial charge is 0.490 e. The molecule has 0 amide bonds. The van der Waals surface area contributed by atoms with Gasteiger partial charge in [0, 0.05) is 18.2 Å². The Labute approximate surface area is 179 Å². The molecule has 2 unspecified atom stereocenters. The van der Waals surface area contributed by atoms with Gasteiger partial charge in [0.15, 0.2) is 0 Å². The molecule has 0 spiro atoms. The van der Waals surface area contributed by atoms with Gasteiger partial charge in [-0.2, -0.15) is 0 Å². The average molecular weight is 420 g/mol. The summed E-state index contributed by atoms with van der Waals surface area (Å²) in [4.78, 5) is 13.9. The van der Waals surface area contributed by atoms with E-state index >= 15 is 0 Å². The predicted octanol–water partition coefficient (Wildman–Crippen LogP) is 4.72. The second kappa shape index (κ2) is 11.0. The van der Waals surface area contributed by atoms with Crippen LogP contribution in [-0.2, 0) is 0 Å². The van der Waals surface area contributed by atoms with E-state index in [4.69, 9.17) is 4.74 Å². The summed E-state index contributed by atoms with van der Waals surface area (Å²) in [6.45, 7) is 6.03. The molecule has 7 nitrogen and oxygen atoms in total. The van der Waals surface area contributed by atoms with Crippen LogP contribution >= 0.6 is 0 Å². The highest BCUT2D eigenvalue weighted by Crippen LogP contribution is 2.42. The second-order valence-corrected chi connectivity index (χ2v) is 8.64. The number of nitro groups is 1. The monoisotopic (exact) mass is 419 g/mol. The normalized spacial score (nSPS) is 21.7. The molecule has 2 atom stereocenters. The molecule has 1 saturated carbocycles. The van der Waals surface area contributed by atoms with Crippen LogP contribution in [-0.4, -0.2) is 41.9 Å². The van der Waals surface area contributed by atoms with Gasteiger partial charge in [0.05, 0.1) is 17.0 Å². The van der Waals surface area contributed by atoms with E-state index in [0.29, 0.717) is 17.5 Å². The number of fused-ring (bicyclic) bond motifs is 1. The van der Waals surface area contributed by atoms with Gasteiger partial charge in [0.25, 0.3) is 5.69 Å². The van der Waals surface area contributed by atoms with Gasteiger partial charge < -0.3 is 20.1 Å². The number of hydrogen-bond donors (Lipinski definition) is 2. The summed E-state index contributed by atoms with van der Waals surface area (Å²) < 4.78 is 5.71. The van der Waals surface area contributed by atoms with E-state index in [1.165, 1.54) is 19.3 Å². The minimum absolute atomic E-state index is 0.105. The van der Waals surface area contributed by atoms with Crippen LogP contribution in [0.1, 0.15) is 83.2 Å². The third kappa shape index (κ3) is 5.24. The molecule has 1 aromatic carbocycles. The van der Waals surface area contributed by atoms with Gasteiger partial charge in [0.1, 0.15) is 24.1 Å². The molecule has 1 aliphatic heterocycles. The van der Waals surface area contributed by atoms with Crippen molar-refractivity contribution in [1.82, 2.24) is 5.32 Å². The number of nitro benzene ring substituents is 1. The van der Waals surface area contributed by atoms with Gasteiger partial charge in [0.2, 0.25) is 0 Å². The maximum Gasteiger partial charge on any atom is 0.296 e. The molecule has 30 heavy (non-hydrogen) atoms. The number of nitrogens with zero attached hydrogens (tertiary/aromatic N) is 2. The minimum Gasteiger partial charge on any atom is -0.490 e. The van der Waals surface area contributed by atoms with Crippen LogP contribution in [0.5, 0.6) is 5.75 Å². The highest BCUT2D eigenvalue weighted by atomic mass is 16.6. The number of rotatable bonds is 10. The fourth-order valence-electron chi connectivity index (χ4n) is 4.81. The SMILES string of the molecule is CCCCCNC1c2cc(N(CCC)C3CCCCC3)c([N+](=O)[O-])cc2OCC1O. The Bertz CT molecular complexity index is 706. The van der Waals surface area contributed by atoms with Gasteiger partial charge in [-0.1, -0.05) is 46.0 Å². The first-order valence-electron chi connectivity index (χ1n) is 11.7. The number of aliphatic hydroxyl groups is 1. The first-order chi connectivity index (χ1) is 14.6. The molecule has 2 aliphatic rings. The molecular weight excluding hydrogens is 382 g/mol. The Morgan fingerprint density at radius 3 is 2.63 bits per heavy atom. The Hall–Kier alpha value is -1.86. The van der Waals surface area contributed by atoms with Gasteiger partial charge in [-0.25, -0.2) is 0 Å². The summed E-state index contributed by atoms with van der Waals surface area (Å²) in [5.74, 6) is 0.517.